The Kier molecular flexibility index (Phi) is 7.35. The van der Waals surface area contributed by atoms with Crippen LogP contribution in [0.4, 0.5) is 23.7 Å². The molecule has 2 aromatic rings. The van der Waals surface area contributed by atoms with Crippen molar-refractivity contribution in [1.82, 2.24) is 20.2 Å². The molecule has 0 saturated heterocycles. The second kappa shape index (κ2) is 9.72. The minimum atomic E-state index is -4.22. The lowest BCUT2D eigenvalue weighted by molar-refractivity contribution is -0.143. The Morgan fingerprint density at radius 3 is 2.48 bits per heavy atom. The van der Waals surface area contributed by atoms with E-state index in [0.717, 1.165) is 4.90 Å². The third kappa shape index (κ3) is 8.36. The van der Waals surface area contributed by atoms with Crippen LogP contribution in [0.3, 0.4) is 0 Å². The minimum absolute atomic E-state index is 0.214. The van der Waals surface area contributed by atoms with Gasteiger partial charge in [-0.25, -0.2) is 14.8 Å². The molecule has 0 radical (unpaired) electrons. The number of nitrogens with one attached hydrogen (secondary N) is 2. The molecule has 1 aromatic heterocycles. The maximum atomic E-state index is 12.2. The van der Waals surface area contributed by atoms with Crippen LogP contribution in [0.2, 0.25) is 0 Å². The fourth-order valence-corrected chi connectivity index (χ4v) is 2.16. The highest BCUT2D eigenvalue weighted by Crippen LogP contribution is 2.19. The van der Waals surface area contributed by atoms with Gasteiger partial charge in [-0.05, 0) is 50.3 Å². The Labute approximate surface area is 154 Å². The smallest absolute Gasteiger partial charge is 0.401 e. The van der Waals surface area contributed by atoms with Crippen LogP contribution < -0.4 is 15.4 Å². The lowest BCUT2D eigenvalue weighted by atomic mass is 10.3. The van der Waals surface area contributed by atoms with E-state index in [1.807, 2.05) is 0 Å². The molecule has 2 N–H and O–H groups in total. The fourth-order valence-electron chi connectivity index (χ4n) is 2.16. The predicted octanol–water partition coefficient (Wildman–Crippen LogP) is 3.27. The Hall–Kier alpha value is -2.88. The highest BCUT2D eigenvalue weighted by Gasteiger charge is 2.28. The van der Waals surface area contributed by atoms with Crippen molar-refractivity contribution in [2.24, 2.45) is 0 Å². The second-order valence-electron chi connectivity index (χ2n) is 5.75. The summed E-state index contributed by atoms with van der Waals surface area (Å²) in [6, 6.07) is 8.05. The van der Waals surface area contributed by atoms with E-state index in [2.05, 4.69) is 20.6 Å². The number of anilines is 1. The van der Waals surface area contributed by atoms with Crippen molar-refractivity contribution in [2.45, 2.75) is 12.6 Å². The number of hydrogen-bond acceptors (Lipinski definition) is 5. The number of alkyl halides is 3. The maximum absolute atomic E-state index is 12.2. The summed E-state index contributed by atoms with van der Waals surface area (Å²) < 4.78 is 42.0. The summed E-state index contributed by atoms with van der Waals surface area (Å²) in [5, 5.41) is 5.22. The van der Waals surface area contributed by atoms with Gasteiger partial charge < -0.3 is 15.4 Å². The van der Waals surface area contributed by atoms with E-state index in [0.29, 0.717) is 17.9 Å². The number of urea groups is 1. The third-order valence-electron chi connectivity index (χ3n) is 3.31. The van der Waals surface area contributed by atoms with Crippen LogP contribution in [0.15, 0.2) is 42.7 Å². The molecule has 146 valence electrons. The van der Waals surface area contributed by atoms with Crippen molar-refractivity contribution in [3.63, 3.8) is 0 Å². The van der Waals surface area contributed by atoms with E-state index < -0.39 is 18.8 Å². The van der Waals surface area contributed by atoms with Crippen molar-refractivity contribution >= 4 is 11.7 Å². The number of halogens is 3. The molecule has 27 heavy (non-hydrogen) atoms. The average molecular weight is 383 g/mol. The Morgan fingerprint density at radius 1 is 1.19 bits per heavy atom. The molecule has 0 spiro atoms. The number of rotatable bonds is 8. The van der Waals surface area contributed by atoms with E-state index >= 15 is 0 Å². The Morgan fingerprint density at radius 2 is 1.85 bits per heavy atom. The first-order valence-electron chi connectivity index (χ1n) is 8.17. The second-order valence-corrected chi connectivity index (χ2v) is 5.75. The summed E-state index contributed by atoms with van der Waals surface area (Å²) in [4.78, 5) is 20.8. The SMILES string of the molecule is CN(CCCNC(=O)Nc1ccc(Oc2ncccn2)cc1)CC(F)(F)F. The summed E-state index contributed by atoms with van der Waals surface area (Å²) >= 11 is 0. The fraction of sp³-hybridized carbons (Fsp3) is 0.353. The first-order chi connectivity index (χ1) is 12.8. The molecule has 0 aliphatic rings. The van der Waals surface area contributed by atoms with Crippen molar-refractivity contribution in [3.05, 3.63) is 42.7 Å². The first-order valence-corrected chi connectivity index (χ1v) is 8.17. The van der Waals surface area contributed by atoms with Crippen LogP contribution in [0, 0.1) is 0 Å². The monoisotopic (exact) mass is 383 g/mol. The zero-order chi connectivity index (χ0) is 19.7. The van der Waals surface area contributed by atoms with Gasteiger partial charge in [0.25, 0.3) is 0 Å². The number of ether oxygens (including phenoxy) is 1. The third-order valence-corrected chi connectivity index (χ3v) is 3.31. The molecule has 1 heterocycles. The van der Waals surface area contributed by atoms with E-state index in [1.165, 1.54) is 7.05 Å². The molecule has 7 nitrogen and oxygen atoms in total. The van der Waals surface area contributed by atoms with Crippen LogP contribution in [-0.4, -0.2) is 53.8 Å². The molecule has 0 aliphatic heterocycles. The van der Waals surface area contributed by atoms with Crippen molar-refractivity contribution in [2.75, 3.05) is 32.0 Å². The summed E-state index contributed by atoms with van der Waals surface area (Å²) in [7, 11) is 1.39. The first kappa shape index (κ1) is 20.4. The zero-order valence-electron chi connectivity index (χ0n) is 14.7. The van der Waals surface area contributed by atoms with Gasteiger partial charge in [-0.2, -0.15) is 13.2 Å². The number of carbonyl (C=O) groups excluding carboxylic acids is 1. The standard InChI is InChI=1S/C17H20F3N5O2/c1-25(12-17(18,19)20)11-3-10-21-15(26)24-13-4-6-14(7-5-13)27-16-22-8-2-9-23-16/h2,4-9H,3,10-12H2,1H3,(H2,21,24,26). The van der Waals surface area contributed by atoms with Gasteiger partial charge in [0.15, 0.2) is 0 Å². The van der Waals surface area contributed by atoms with Crippen molar-refractivity contribution in [1.29, 1.82) is 0 Å². The molecular formula is C17H20F3N5O2. The minimum Gasteiger partial charge on any atom is -0.424 e. The van der Waals surface area contributed by atoms with E-state index in [1.54, 1.807) is 42.7 Å². The molecule has 0 fully saturated rings. The predicted molar refractivity (Wildman–Crippen MR) is 93.7 cm³/mol. The van der Waals surface area contributed by atoms with E-state index in [9.17, 15) is 18.0 Å². The lowest BCUT2D eigenvalue weighted by Gasteiger charge is -2.18. The van der Waals surface area contributed by atoms with Gasteiger partial charge in [0.2, 0.25) is 0 Å². The molecule has 0 saturated carbocycles. The number of carbonyl (C=O) groups is 1. The quantitative estimate of drug-likeness (QED) is 0.684. The molecule has 2 amide bonds. The molecule has 1 aromatic carbocycles. The molecule has 0 unspecified atom stereocenters. The molecular weight excluding hydrogens is 363 g/mol. The number of benzene rings is 1. The number of hydrogen-bond donors (Lipinski definition) is 2. The summed E-state index contributed by atoms with van der Waals surface area (Å²) in [5.41, 5.74) is 0.544. The van der Waals surface area contributed by atoms with Crippen molar-refractivity contribution < 1.29 is 22.7 Å². The summed E-state index contributed by atoms with van der Waals surface area (Å²) in [5.74, 6) is 0.514. The van der Waals surface area contributed by atoms with Crippen LogP contribution in [0.25, 0.3) is 0 Å². The zero-order valence-corrected chi connectivity index (χ0v) is 14.7. The van der Waals surface area contributed by atoms with Gasteiger partial charge in [-0.3, -0.25) is 4.90 Å². The highest BCUT2D eigenvalue weighted by molar-refractivity contribution is 5.89. The summed E-state index contributed by atoms with van der Waals surface area (Å²) in [6.45, 7) is -0.477. The van der Waals surface area contributed by atoms with Gasteiger partial charge in [0.05, 0.1) is 6.54 Å². The molecule has 0 aliphatic carbocycles. The normalized spacial score (nSPS) is 11.3. The van der Waals surface area contributed by atoms with Gasteiger partial charge in [-0.15, -0.1) is 0 Å². The van der Waals surface area contributed by atoms with E-state index in [4.69, 9.17) is 4.74 Å². The number of aromatic nitrogens is 2. The molecule has 10 heteroatoms. The highest BCUT2D eigenvalue weighted by atomic mass is 19.4. The van der Waals surface area contributed by atoms with Crippen LogP contribution in [0.5, 0.6) is 11.8 Å². The average Bonchev–Trinajstić information content (AvgIpc) is 2.60. The molecule has 2 rings (SSSR count). The molecule has 0 bridgehead atoms. The maximum Gasteiger partial charge on any atom is 0.401 e. The van der Waals surface area contributed by atoms with Crippen LogP contribution >= 0.6 is 0 Å². The van der Waals surface area contributed by atoms with Gasteiger partial charge in [-0.1, -0.05) is 0 Å². The topological polar surface area (TPSA) is 79.4 Å². The molecule has 0 atom stereocenters. The lowest BCUT2D eigenvalue weighted by Crippen LogP contribution is -2.34. The van der Waals surface area contributed by atoms with Crippen LogP contribution in [-0.2, 0) is 0 Å². The Bertz CT molecular complexity index is 711. The number of amides is 2. The number of nitrogens with zero attached hydrogens (tertiary/aromatic N) is 3. The van der Waals surface area contributed by atoms with Crippen LogP contribution in [0.1, 0.15) is 6.42 Å². The van der Waals surface area contributed by atoms with Gasteiger partial charge in [0.1, 0.15) is 5.75 Å². The summed E-state index contributed by atoms with van der Waals surface area (Å²) in [6.07, 6.45) is -0.696. The van der Waals surface area contributed by atoms with Gasteiger partial charge >= 0.3 is 18.2 Å². The Balaban J connectivity index is 1.68. The van der Waals surface area contributed by atoms with E-state index in [-0.39, 0.29) is 19.1 Å². The van der Waals surface area contributed by atoms with Crippen molar-refractivity contribution in [3.8, 4) is 11.8 Å². The largest absolute Gasteiger partial charge is 0.424 e. The van der Waals surface area contributed by atoms with Gasteiger partial charge in [0, 0.05) is 24.6 Å².